The van der Waals surface area contributed by atoms with Crippen LogP contribution in [0.1, 0.15) is 36.1 Å². The van der Waals surface area contributed by atoms with Crippen LogP contribution in [0.4, 0.5) is 0 Å². The quantitative estimate of drug-likeness (QED) is 0.362. The van der Waals surface area contributed by atoms with Gasteiger partial charge in [-0.05, 0) is 71.5 Å². The lowest BCUT2D eigenvalue weighted by atomic mass is 10.1. The Bertz CT molecular complexity index is 1170. The molecular formula is C25H23N3. The second kappa shape index (κ2) is 7.28. The topological polar surface area (TPSA) is 37.3 Å². The minimum atomic E-state index is 0.581. The fourth-order valence-corrected chi connectivity index (χ4v) is 3.27. The van der Waals surface area contributed by atoms with Crippen molar-refractivity contribution in [1.82, 2.24) is 10.3 Å². The van der Waals surface area contributed by atoms with Crippen LogP contribution in [-0.2, 0) is 6.54 Å². The number of amidine groups is 1. The van der Waals surface area contributed by atoms with Gasteiger partial charge in [-0.3, -0.25) is 9.98 Å². The molecule has 4 rings (SSSR count). The van der Waals surface area contributed by atoms with Crippen molar-refractivity contribution >= 4 is 28.0 Å². The van der Waals surface area contributed by atoms with E-state index in [9.17, 15) is 0 Å². The summed E-state index contributed by atoms with van der Waals surface area (Å²) in [5.41, 5.74) is 8.84. The monoisotopic (exact) mass is 365 g/mol. The SMILES string of the molecule is C=C(C)C(=NCc1ccc2ncccc2c1)N/C(=C\C)c1ccc2c(c1)C2=C. The summed E-state index contributed by atoms with van der Waals surface area (Å²) in [5.74, 6) is 0.795. The normalized spacial score (nSPS) is 13.4. The van der Waals surface area contributed by atoms with E-state index < -0.39 is 0 Å². The van der Waals surface area contributed by atoms with Gasteiger partial charge in [0.1, 0.15) is 5.84 Å². The number of pyridine rings is 1. The molecule has 28 heavy (non-hydrogen) atoms. The molecule has 2 aromatic carbocycles. The van der Waals surface area contributed by atoms with Crippen molar-refractivity contribution in [2.45, 2.75) is 20.4 Å². The first-order chi connectivity index (χ1) is 13.6. The molecule has 1 aliphatic rings. The summed E-state index contributed by atoms with van der Waals surface area (Å²) in [6, 6.07) is 16.7. The van der Waals surface area contributed by atoms with E-state index in [1.165, 1.54) is 11.1 Å². The Morgan fingerprint density at radius 2 is 2.00 bits per heavy atom. The van der Waals surface area contributed by atoms with E-state index in [1.807, 2.05) is 32.2 Å². The molecule has 138 valence electrons. The van der Waals surface area contributed by atoms with E-state index in [-0.39, 0.29) is 0 Å². The summed E-state index contributed by atoms with van der Waals surface area (Å²) in [6.07, 6.45) is 3.87. The van der Waals surface area contributed by atoms with E-state index in [1.54, 1.807) is 0 Å². The standard InChI is InChI=1S/C25H23N3/c1-5-23(20-9-10-21-17(4)22(21)14-20)28-25(16(2)3)27-15-18-8-11-24-19(13-18)7-6-12-26-24/h5-14H,2,4,15H2,1,3H3,(H,27,28)/b23-5-. The van der Waals surface area contributed by atoms with Gasteiger partial charge >= 0.3 is 0 Å². The number of hydrogen-bond acceptors (Lipinski definition) is 2. The van der Waals surface area contributed by atoms with Gasteiger partial charge in [0.05, 0.1) is 12.1 Å². The summed E-state index contributed by atoms with van der Waals surface area (Å²) < 4.78 is 0. The Labute approximate surface area is 165 Å². The first-order valence-corrected chi connectivity index (χ1v) is 9.38. The molecular weight excluding hydrogens is 342 g/mol. The zero-order valence-corrected chi connectivity index (χ0v) is 16.3. The number of rotatable bonds is 5. The average molecular weight is 365 g/mol. The minimum absolute atomic E-state index is 0.581. The fourth-order valence-electron chi connectivity index (χ4n) is 3.27. The van der Waals surface area contributed by atoms with E-state index in [0.29, 0.717) is 6.54 Å². The van der Waals surface area contributed by atoms with Crippen molar-refractivity contribution < 1.29 is 0 Å². The smallest absolute Gasteiger partial charge is 0.128 e. The molecule has 0 saturated heterocycles. The molecule has 0 bridgehead atoms. The first-order valence-electron chi connectivity index (χ1n) is 9.38. The molecule has 1 N–H and O–H groups in total. The molecule has 3 aromatic rings. The number of nitrogens with zero attached hydrogens (tertiary/aromatic N) is 2. The molecule has 0 aliphatic heterocycles. The van der Waals surface area contributed by atoms with Crippen LogP contribution in [0, 0.1) is 0 Å². The van der Waals surface area contributed by atoms with Crippen LogP contribution >= 0.6 is 0 Å². The molecule has 1 aliphatic carbocycles. The third kappa shape index (κ3) is 3.52. The van der Waals surface area contributed by atoms with Crippen LogP contribution in [0.2, 0.25) is 0 Å². The summed E-state index contributed by atoms with van der Waals surface area (Å²) in [7, 11) is 0. The lowest BCUT2D eigenvalue weighted by molar-refractivity contribution is 1.04. The van der Waals surface area contributed by atoms with Crippen LogP contribution < -0.4 is 5.32 Å². The fraction of sp³-hybridized carbons (Fsp3) is 0.120. The summed E-state index contributed by atoms with van der Waals surface area (Å²) in [4.78, 5) is 9.16. The van der Waals surface area contributed by atoms with E-state index in [0.717, 1.165) is 44.7 Å². The molecule has 0 radical (unpaired) electrons. The molecule has 3 nitrogen and oxygen atoms in total. The summed E-state index contributed by atoms with van der Waals surface area (Å²) in [6.45, 7) is 12.7. The summed E-state index contributed by atoms with van der Waals surface area (Å²) >= 11 is 0. The molecule has 3 heteroatoms. The number of hydrogen-bond donors (Lipinski definition) is 1. The van der Waals surface area contributed by atoms with Gasteiger partial charge in [-0.15, -0.1) is 0 Å². The molecule has 0 unspecified atom stereocenters. The Morgan fingerprint density at radius 3 is 2.75 bits per heavy atom. The van der Waals surface area contributed by atoms with E-state index in [4.69, 9.17) is 4.99 Å². The molecule has 0 amide bonds. The number of fused-ring (bicyclic) bond motifs is 2. The van der Waals surface area contributed by atoms with Crippen molar-refractivity contribution in [3.05, 3.63) is 102 Å². The van der Waals surface area contributed by atoms with E-state index >= 15 is 0 Å². The zero-order chi connectivity index (χ0) is 19.7. The van der Waals surface area contributed by atoms with Gasteiger partial charge in [0.2, 0.25) is 0 Å². The van der Waals surface area contributed by atoms with Crippen LogP contribution in [0.5, 0.6) is 0 Å². The molecule has 0 fully saturated rings. The van der Waals surface area contributed by atoms with Crippen molar-refractivity contribution in [1.29, 1.82) is 0 Å². The third-order valence-electron chi connectivity index (χ3n) is 4.95. The molecule has 0 saturated carbocycles. The molecule has 0 atom stereocenters. The van der Waals surface area contributed by atoms with Gasteiger partial charge in [-0.2, -0.15) is 0 Å². The Hall–Kier alpha value is -3.46. The van der Waals surface area contributed by atoms with Gasteiger partial charge in [0, 0.05) is 17.3 Å². The van der Waals surface area contributed by atoms with Crippen molar-refractivity contribution in [2.24, 2.45) is 4.99 Å². The predicted octanol–water partition coefficient (Wildman–Crippen LogP) is 5.73. The second-order valence-electron chi connectivity index (χ2n) is 7.04. The highest BCUT2D eigenvalue weighted by molar-refractivity contribution is 6.04. The van der Waals surface area contributed by atoms with Gasteiger partial charge in [0.15, 0.2) is 0 Å². The number of aromatic nitrogens is 1. The Kier molecular flexibility index (Phi) is 4.66. The van der Waals surface area contributed by atoms with Crippen molar-refractivity contribution in [3.63, 3.8) is 0 Å². The van der Waals surface area contributed by atoms with Gasteiger partial charge in [-0.1, -0.05) is 43.5 Å². The number of nitrogens with one attached hydrogen (secondary N) is 1. The van der Waals surface area contributed by atoms with Crippen LogP contribution in [0.25, 0.3) is 22.2 Å². The number of aliphatic imine (C=N–C) groups is 1. The highest BCUT2D eigenvalue weighted by Gasteiger charge is 2.23. The molecule has 0 spiro atoms. The molecule has 1 aromatic heterocycles. The number of benzene rings is 2. The lowest BCUT2D eigenvalue weighted by Gasteiger charge is -2.14. The highest BCUT2D eigenvalue weighted by atomic mass is 15.0. The lowest BCUT2D eigenvalue weighted by Crippen LogP contribution is -2.23. The van der Waals surface area contributed by atoms with Gasteiger partial charge < -0.3 is 5.32 Å². The number of allylic oxidation sites excluding steroid dienone is 1. The maximum atomic E-state index is 4.79. The second-order valence-corrected chi connectivity index (χ2v) is 7.04. The van der Waals surface area contributed by atoms with Gasteiger partial charge in [0.25, 0.3) is 0 Å². The largest absolute Gasteiger partial charge is 0.340 e. The van der Waals surface area contributed by atoms with E-state index in [2.05, 4.69) is 65.9 Å². The van der Waals surface area contributed by atoms with Crippen LogP contribution in [-0.4, -0.2) is 10.8 Å². The van der Waals surface area contributed by atoms with Gasteiger partial charge in [-0.25, -0.2) is 0 Å². The minimum Gasteiger partial charge on any atom is -0.340 e. The highest BCUT2D eigenvalue weighted by Crippen LogP contribution is 2.41. The maximum Gasteiger partial charge on any atom is 0.128 e. The average Bonchev–Trinajstić information content (AvgIpc) is 3.36. The first kappa shape index (κ1) is 17.9. The molecule has 1 heterocycles. The third-order valence-corrected chi connectivity index (χ3v) is 4.95. The van der Waals surface area contributed by atoms with Crippen molar-refractivity contribution in [2.75, 3.05) is 0 Å². The summed E-state index contributed by atoms with van der Waals surface area (Å²) in [5, 5.41) is 4.59. The predicted molar refractivity (Wildman–Crippen MR) is 119 cm³/mol. The van der Waals surface area contributed by atoms with Crippen LogP contribution in [0.3, 0.4) is 0 Å². The zero-order valence-electron chi connectivity index (χ0n) is 16.3. The Balaban J connectivity index is 1.55. The van der Waals surface area contributed by atoms with Crippen LogP contribution in [0.15, 0.2) is 84.5 Å². The Morgan fingerprint density at radius 1 is 1.14 bits per heavy atom. The van der Waals surface area contributed by atoms with Crippen molar-refractivity contribution in [3.8, 4) is 0 Å². The maximum absolute atomic E-state index is 4.79.